The second-order valence-electron chi connectivity index (χ2n) is 6.86. The van der Waals surface area contributed by atoms with Gasteiger partial charge in [0.2, 0.25) is 0 Å². The predicted octanol–water partition coefficient (Wildman–Crippen LogP) is 2.60. The molecule has 2 amide bonds. The zero-order valence-corrected chi connectivity index (χ0v) is 16.0. The third kappa shape index (κ3) is 4.27. The lowest BCUT2D eigenvalue weighted by molar-refractivity contribution is 0.188. The molecule has 1 saturated heterocycles. The molecule has 1 fully saturated rings. The van der Waals surface area contributed by atoms with Gasteiger partial charge >= 0.3 is 6.03 Å². The quantitative estimate of drug-likeness (QED) is 0.842. The first kappa shape index (κ1) is 17.9. The van der Waals surface area contributed by atoms with Crippen molar-refractivity contribution in [1.82, 2.24) is 15.2 Å². The summed E-state index contributed by atoms with van der Waals surface area (Å²) in [6, 6.07) is 4.90. The van der Waals surface area contributed by atoms with Crippen molar-refractivity contribution in [1.29, 1.82) is 0 Å². The van der Waals surface area contributed by atoms with Crippen LogP contribution in [0.2, 0.25) is 0 Å². The standard InChI is InChI=1S/C19H24N4O3S/c24-16-4-3-14-12-23(9-10-26-17(14)11-16)18(25)20-6-5-15-13-27-19(21-15)22-7-1-2-8-22/h3-4,11,13,24H,1-2,5-10,12H2,(H,20,25). The van der Waals surface area contributed by atoms with E-state index in [0.717, 1.165) is 35.9 Å². The van der Waals surface area contributed by atoms with Crippen molar-refractivity contribution in [2.45, 2.75) is 25.8 Å². The van der Waals surface area contributed by atoms with Crippen LogP contribution < -0.4 is 15.0 Å². The first-order valence-electron chi connectivity index (χ1n) is 9.36. The topological polar surface area (TPSA) is 77.9 Å². The summed E-state index contributed by atoms with van der Waals surface area (Å²) in [6.07, 6.45) is 3.21. The third-order valence-electron chi connectivity index (χ3n) is 4.89. The van der Waals surface area contributed by atoms with Gasteiger partial charge in [-0.15, -0.1) is 11.3 Å². The summed E-state index contributed by atoms with van der Waals surface area (Å²) in [4.78, 5) is 21.3. The minimum atomic E-state index is -0.102. The zero-order chi connectivity index (χ0) is 18.6. The monoisotopic (exact) mass is 388 g/mol. The van der Waals surface area contributed by atoms with Gasteiger partial charge < -0.3 is 25.0 Å². The van der Waals surface area contributed by atoms with Crippen LogP contribution in [0.1, 0.15) is 24.1 Å². The highest BCUT2D eigenvalue weighted by Crippen LogP contribution is 2.27. The van der Waals surface area contributed by atoms with Crippen LogP contribution in [0.5, 0.6) is 11.5 Å². The van der Waals surface area contributed by atoms with Crippen LogP contribution in [-0.2, 0) is 13.0 Å². The van der Waals surface area contributed by atoms with Gasteiger partial charge in [-0.25, -0.2) is 9.78 Å². The molecule has 0 aliphatic carbocycles. The van der Waals surface area contributed by atoms with E-state index >= 15 is 0 Å². The van der Waals surface area contributed by atoms with Crippen LogP contribution in [0.3, 0.4) is 0 Å². The Balaban J connectivity index is 1.28. The highest BCUT2D eigenvalue weighted by molar-refractivity contribution is 7.13. The van der Waals surface area contributed by atoms with Crippen LogP contribution in [0, 0.1) is 0 Å². The number of amides is 2. The smallest absolute Gasteiger partial charge is 0.317 e. The van der Waals surface area contributed by atoms with Crippen LogP contribution >= 0.6 is 11.3 Å². The average Bonchev–Trinajstić information content (AvgIpc) is 3.30. The summed E-state index contributed by atoms with van der Waals surface area (Å²) in [5.74, 6) is 0.811. The summed E-state index contributed by atoms with van der Waals surface area (Å²) < 4.78 is 5.64. The summed E-state index contributed by atoms with van der Waals surface area (Å²) >= 11 is 1.68. The molecular formula is C19H24N4O3S. The normalized spacial score (nSPS) is 16.6. The first-order chi connectivity index (χ1) is 13.2. The molecule has 0 bridgehead atoms. The molecule has 27 heavy (non-hydrogen) atoms. The number of nitrogens with one attached hydrogen (secondary N) is 1. The molecule has 1 aromatic carbocycles. The number of rotatable bonds is 4. The van der Waals surface area contributed by atoms with Gasteiger partial charge in [0.25, 0.3) is 0 Å². The fraction of sp³-hybridized carbons (Fsp3) is 0.474. The minimum Gasteiger partial charge on any atom is -0.508 e. The molecule has 0 atom stereocenters. The second kappa shape index (κ2) is 8.04. The van der Waals surface area contributed by atoms with Crippen molar-refractivity contribution in [3.05, 3.63) is 34.8 Å². The fourth-order valence-electron chi connectivity index (χ4n) is 3.41. The molecule has 8 heteroatoms. The molecule has 4 rings (SSSR count). The highest BCUT2D eigenvalue weighted by atomic mass is 32.1. The summed E-state index contributed by atoms with van der Waals surface area (Å²) in [5, 5.41) is 15.7. The van der Waals surface area contributed by atoms with E-state index in [0.29, 0.717) is 32.0 Å². The number of phenolic OH excluding ortho intramolecular Hbond substituents is 1. The van der Waals surface area contributed by atoms with Crippen molar-refractivity contribution in [2.24, 2.45) is 0 Å². The van der Waals surface area contributed by atoms with Gasteiger partial charge in [0, 0.05) is 43.1 Å². The van der Waals surface area contributed by atoms with Gasteiger partial charge in [0.1, 0.15) is 18.1 Å². The lowest BCUT2D eigenvalue weighted by Gasteiger charge is -2.20. The Labute approximate surface area is 162 Å². The Morgan fingerprint density at radius 1 is 1.30 bits per heavy atom. The molecular weight excluding hydrogens is 364 g/mol. The SMILES string of the molecule is O=C(NCCc1csc(N2CCCC2)n1)N1CCOc2cc(O)ccc2C1. The molecule has 0 radical (unpaired) electrons. The number of anilines is 1. The molecule has 2 aliphatic heterocycles. The Morgan fingerprint density at radius 3 is 3.00 bits per heavy atom. The van der Waals surface area contributed by atoms with E-state index in [9.17, 15) is 9.90 Å². The Morgan fingerprint density at radius 2 is 2.15 bits per heavy atom. The van der Waals surface area contributed by atoms with Crippen molar-refractivity contribution < 1.29 is 14.6 Å². The van der Waals surface area contributed by atoms with E-state index in [-0.39, 0.29) is 11.8 Å². The van der Waals surface area contributed by atoms with Gasteiger partial charge in [-0.3, -0.25) is 0 Å². The maximum atomic E-state index is 12.5. The van der Waals surface area contributed by atoms with Crippen LogP contribution in [-0.4, -0.2) is 53.8 Å². The maximum Gasteiger partial charge on any atom is 0.317 e. The number of thiazole rings is 1. The number of urea groups is 1. The van der Waals surface area contributed by atoms with E-state index < -0.39 is 0 Å². The largest absolute Gasteiger partial charge is 0.508 e. The highest BCUT2D eigenvalue weighted by Gasteiger charge is 2.20. The molecule has 1 aromatic heterocycles. The number of benzene rings is 1. The van der Waals surface area contributed by atoms with Crippen LogP contribution in [0.15, 0.2) is 23.6 Å². The number of fused-ring (bicyclic) bond motifs is 1. The zero-order valence-electron chi connectivity index (χ0n) is 15.2. The van der Waals surface area contributed by atoms with Gasteiger partial charge in [-0.1, -0.05) is 0 Å². The molecule has 2 aromatic rings. The van der Waals surface area contributed by atoms with Crippen molar-refractivity contribution in [3.8, 4) is 11.5 Å². The third-order valence-corrected chi connectivity index (χ3v) is 5.84. The fourth-order valence-corrected chi connectivity index (χ4v) is 4.32. The van der Waals surface area contributed by atoms with E-state index in [1.807, 2.05) is 0 Å². The number of carbonyl (C=O) groups excluding carboxylic acids is 1. The summed E-state index contributed by atoms with van der Waals surface area (Å²) in [5.41, 5.74) is 1.93. The molecule has 0 saturated carbocycles. The van der Waals surface area contributed by atoms with Gasteiger partial charge in [-0.2, -0.15) is 0 Å². The number of phenols is 1. The minimum absolute atomic E-state index is 0.102. The molecule has 2 N–H and O–H groups in total. The molecule has 0 unspecified atom stereocenters. The van der Waals surface area contributed by atoms with Crippen LogP contribution in [0.4, 0.5) is 9.93 Å². The molecule has 144 valence electrons. The second-order valence-corrected chi connectivity index (χ2v) is 7.70. The number of hydrogen-bond donors (Lipinski definition) is 2. The predicted molar refractivity (Wildman–Crippen MR) is 105 cm³/mol. The number of ether oxygens (including phenoxy) is 1. The number of nitrogens with zero attached hydrogens (tertiary/aromatic N) is 3. The van der Waals surface area contributed by atoms with Crippen molar-refractivity contribution in [3.63, 3.8) is 0 Å². The lowest BCUT2D eigenvalue weighted by Crippen LogP contribution is -2.41. The van der Waals surface area contributed by atoms with Crippen molar-refractivity contribution in [2.75, 3.05) is 37.7 Å². The maximum absolute atomic E-state index is 12.5. The number of aromatic hydroxyl groups is 1. The molecule has 0 spiro atoms. The van der Waals surface area contributed by atoms with Gasteiger partial charge in [0.15, 0.2) is 5.13 Å². The number of hydrogen-bond acceptors (Lipinski definition) is 6. The van der Waals surface area contributed by atoms with Gasteiger partial charge in [0.05, 0.1) is 18.8 Å². The molecule has 3 heterocycles. The van der Waals surface area contributed by atoms with E-state index in [1.54, 1.807) is 34.4 Å². The van der Waals surface area contributed by atoms with E-state index in [1.165, 1.54) is 12.8 Å². The summed E-state index contributed by atoms with van der Waals surface area (Å²) in [7, 11) is 0. The van der Waals surface area contributed by atoms with E-state index in [4.69, 9.17) is 9.72 Å². The average molecular weight is 388 g/mol. The molecule has 7 nitrogen and oxygen atoms in total. The van der Waals surface area contributed by atoms with Crippen LogP contribution in [0.25, 0.3) is 0 Å². The van der Waals surface area contributed by atoms with E-state index in [2.05, 4.69) is 15.6 Å². The Bertz CT molecular complexity index is 804. The van der Waals surface area contributed by atoms with Crippen molar-refractivity contribution >= 4 is 22.5 Å². The first-order valence-corrected chi connectivity index (χ1v) is 10.2. The Hall–Kier alpha value is -2.48. The lowest BCUT2D eigenvalue weighted by atomic mass is 10.2. The molecule has 2 aliphatic rings. The number of aromatic nitrogens is 1. The number of carbonyl (C=O) groups is 1. The summed E-state index contributed by atoms with van der Waals surface area (Å²) in [6.45, 7) is 4.14. The Kier molecular flexibility index (Phi) is 5.33. The van der Waals surface area contributed by atoms with Gasteiger partial charge in [-0.05, 0) is 25.0 Å².